The van der Waals surface area contributed by atoms with Gasteiger partial charge >= 0.3 is 11.9 Å². The van der Waals surface area contributed by atoms with Crippen molar-refractivity contribution in [2.24, 2.45) is 50.7 Å². The first-order valence-corrected chi connectivity index (χ1v) is 19.5. The smallest absolute Gasteiger partial charge is 0.305 e. The minimum atomic E-state index is -1.32. The molecular weight excluding hydrogens is 660 g/mol. The molecule has 0 aromatic rings. The molecule has 12 nitrogen and oxygen atoms in total. The summed E-state index contributed by atoms with van der Waals surface area (Å²) in [5.41, 5.74) is -1.36. The van der Waals surface area contributed by atoms with Gasteiger partial charge in [-0.3, -0.25) is 9.59 Å². The van der Waals surface area contributed by atoms with Crippen molar-refractivity contribution in [3.63, 3.8) is 0 Å². The average Bonchev–Trinajstić information content (AvgIpc) is 3.87. The number of ether oxygens (including phenoxy) is 7. The summed E-state index contributed by atoms with van der Waals surface area (Å²) in [6.45, 7) is 16.5. The van der Waals surface area contributed by atoms with E-state index in [1.807, 2.05) is 6.92 Å². The van der Waals surface area contributed by atoms with Gasteiger partial charge in [0.2, 0.25) is 12.1 Å². The zero-order chi connectivity index (χ0) is 36.5. The van der Waals surface area contributed by atoms with Crippen LogP contribution in [0.2, 0.25) is 0 Å². The first kappa shape index (κ1) is 35.3. The standard InChI is InChI=1S/C39H58O12/c1-18-13-39(31-36(8,50-31)32(51-39)47-20(3)41)49-22-14-34(6)24-10-9-23-33(4,5)25(48-30-29(44)28(43)21(42)16-45-30)11-12-37(23)17-38(24,37)15-26(46-19(2)40)35(34,7)27(18)22/h18,21-32,42-44H,9-17H2,1-8H3/t18-,21-,22+,23+,24+,25+,26-,27+,28+,29-,30+,31-,32-,34+,35-,36+,37-,38+,39-/m1/s1. The number of rotatable bonds is 4. The molecule has 9 rings (SSSR count). The lowest BCUT2D eigenvalue weighted by molar-refractivity contribution is -0.347. The summed E-state index contributed by atoms with van der Waals surface area (Å²) < 4.78 is 44.1. The van der Waals surface area contributed by atoms with Gasteiger partial charge in [0.25, 0.3) is 0 Å². The van der Waals surface area contributed by atoms with Gasteiger partial charge in [0.1, 0.15) is 30.5 Å². The Bertz CT molecular complexity index is 1500. The minimum Gasteiger partial charge on any atom is -0.462 e. The van der Waals surface area contributed by atoms with E-state index in [0.29, 0.717) is 18.3 Å². The third-order valence-corrected chi connectivity index (χ3v) is 17.0. The van der Waals surface area contributed by atoms with Gasteiger partial charge in [-0.1, -0.05) is 34.6 Å². The lowest BCUT2D eigenvalue weighted by Gasteiger charge is -2.65. The number of carbonyl (C=O) groups excluding carboxylic acids is 2. The van der Waals surface area contributed by atoms with E-state index in [9.17, 15) is 24.9 Å². The molecule has 4 saturated heterocycles. The second-order valence-electron chi connectivity index (χ2n) is 19.5. The highest BCUT2D eigenvalue weighted by atomic mass is 16.9. The number of epoxide rings is 1. The van der Waals surface area contributed by atoms with Crippen molar-refractivity contribution in [2.45, 2.75) is 173 Å². The Morgan fingerprint density at radius 1 is 0.784 bits per heavy atom. The minimum absolute atomic E-state index is 0.0184. The quantitative estimate of drug-likeness (QED) is 0.220. The van der Waals surface area contributed by atoms with Crippen molar-refractivity contribution in [3.05, 3.63) is 0 Å². The van der Waals surface area contributed by atoms with Crippen LogP contribution >= 0.6 is 0 Å². The maximum absolute atomic E-state index is 13.0. The Morgan fingerprint density at radius 2 is 1.49 bits per heavy atom. The fraction of sp³-hybridized carbons (Fsp3) is 0.949. The van der Waals surface area contributed by atoms with E-state index in [0.717, 1.165) is 44.9 Å². The molecule has 9 fully saturated rings. The van der Waals surface area contributed by atoms with Crippen LogP contribution in [0.4, 0.5) is 0 Å². The van der Waals surface area contributed by atoms with Crippen LogP contribution in [0.3, 0.4) is 0 Å². The second-order valence-corrected chi connectivity index (χ2v) is 19.5. The summed E-state index contributed by atoms with van der Waals surface area (Å²) in [5.74, 6) is -0.545. The molecule has 0 aromatic heterocycles. The Morgan fingerprint density at radius 3 is 2.20 bits per heavy atom. The molecule has 4 aliphatic heterocycles. The van der Waals surface area contributed by atoms with Crippen molar-refractivity contribution >= 4 is 11.9 Å². The van der Waals surface area contributed by atoms with Gasteiger partial charge in [-0.15, -0.1) is 0 Å². The van der Waals surface area contributed by atoms with E-state index in [-0.39, 0.29) is 75.9 Å². The maximum Gasteiger partial charge on any atom is 0.305 e. The maximum atomic E-state index is 13.0. The van der Waals surface area contributed by atoms with Crippen LogP contribution < -0.4 is 0 Å². The number of aliphatic hydroxyl groups is 3. The molecule has 12 heteroatoms. The molecule has 51 heavy (non-hydrogen) atoms. The fourth-order valence-electron chi connectivity index (χ4n) is 14.9. The summed E-state index contributed by atoms with van der Waals surface area (Å²) in [4.78, 5) is 24.9. The molecule has 0 aromatic carbocycles. The molecule has 5 aliphatic carbocycles. The highest BCUT2D eigenvalue weighted by Gasteiger charge is 2.87. The van der Waals surface area contributed by atoms with Gasteiger partial charge in [0.15, 0.2) is 11.9 Å². The van der Waals surface area contributed by atoms with Crippen molar-refractivity contribution in [3.8, 4) is 0 Å². The van der Waals surface area contributed by atoms with Crippen molar-refractivity contribution < 1.29 is 58.1 Å². The Kier molecular flexibility index (Phi) is 7.40. The van der Waals surface area contributed by atoms with Crippen molar-refractivity contribution in [2.75, 3.05) is 6.61 Å². The molecule has 286 valence electrons. The van der Waals surface area contributed by atoms with E-state index in [4.69, 9.17) is 33.2 Å². The second kappa shape index (κ2) is 10.7. The Labute approximate surface area is 300 Å². The van der Waals surface area contributed by atoms with Crippen LogP contribution in [0.15, 0.2) is 0 Å². The topological polar surface area (TPSA) is 163 Å². The third kappa shape index (κ3) is 4.31. The monoisotopic (exact) mass is 718 g/mol. The third-order valence-electron chi connectivity index (χ3n) is 17.0. The van der Waals surface area contributed by atoms with Gasteiger partial charge in [0.05, 0.1) is 18.8 Å². The first-order chi connectivity index (χ1) is 23.8. The molecule has 0 amide bonds. The molecule has 0 bridgehead atoms. The molecular formula is C39H58O12. The highest BCUT2D eigenvalue weighted by Crippen LogP contribution is 2.89. The SMILES string of the molecule is CC(=O)O[C@@H]1O[C@]2(C[C@@H](C)[C@H]3[C@H](C[C@@]4(C)[C@@H]5CC[C@H]6C(C)(C)[C@@H](O[C@@H]7OC[C@@H](O)[C@H](O)[C@H]7O)CC[C@@]67C[C@@]57C[C@@H](OC(C)=O)[C@]34C)O2)[C@@H]2O[C@]12C. The Balaban J connectivity index is 1.02. The van der Waals surface area contributed by atoms with Gasteiger partial charge < -0.3 is 48.5 Å². The number of esters is 2. The van der Waals surface area contributed by atoms with Crippen LogP contribution in [0.25, 0.3) is 0 Å². The van der Waals surface area contributed by atoms with Crippen LogP contribution in [-0.2, 0) is 42.7 Å². The normalized spacial score (nSPS) is 60.1. The first-order valence-electron chi connectivity index (χ1n) is 19.5. The van der Waals surface area contributed by atoms with E-state index >= 15 is 0 Å². The molecule has 19 atom stereocenters. The van der Waals surface area contributed by atoms with Gasteiger partial charge in [-0.25, -0.2) is 0 Å². The summed E-state index contributed by atoms with van der Waals surface area (Å²) >= 11 is 0. The molecule has 4 heterocycles. The van der Waals surface area contributed by atoms with Gasteiger partial charge in [-0.2, -0.15) is 0 Å². The van der Waals surface area contributed by atoms with E-state index < -0.39 is 48.2 Å². The Hall–Kier alpha value is -1.38. The zero-order valence-electron chi connectivity index (χ0n) is 31.4. The summed E-state index contributed by atoms with van der Waals surface area (Å²) in [5, 5.41) is 31.0. The largest absolute Gasteiger partial charge is 0.462 e. The zero-order valence-corrected chi connectivity index (χ0v) is 31.4. The summed E-state index contributed by atoms with van der Waals surface area (Å²) in [6, 6.07) is 0. The van der Waals surface area contributed by atoms with Gasteiger partial charge in [-0.05, 0) is 97.2 Å². The van der Waals surface area contributed by atoms with E-state index in [1.54, 1.807) is 0 Å². The molecule has 9 aliphatic rings. The van der Waals surface area contributed by atoms with Crippen LogP contribution in [-0.4, -0.2) is 101 Å². The average molecular weight is 719 g/mol. The predicted octanol–water partition coefficient (Wildman–Crippen LogP) is 3.60. The van der Waals surface area contributed by atoms with Crippen molar-refractivity contribution in [1.82, 2.24) is 0 Å². The molecule has 3 spiro atoms. The van der Waals surface area contributed by atoms with E-state index in [2.05, 4.69) is 34.6 Å². The molecule has 0 radical (unpaired) electrons. The predicted molar refractivity (Wildman–Crippen MR) is 177 cm³/mol. The number of aliphatic hydroxyl groups excluding tert-OH is 3. The van der Waals surface area contributed by atoms with E-state index in [1.165, 1.54) is 13.8 Å². The lowest BCUT2D eigenvalue weighted by Crippen LogP contribution is -2.64. The highest BCUT2D eigenvalue weighted by molar-refractivity contribution is 5.66. The fourth-order valence-corrected chi connectivity index (χ4v) is 14.9. The number of hydrogen-bond donors (Lipinski definition) is 3. The van der Waals surface area contributed by atoms with Crippen LogP contribution in [0.1, 0.15) is 107 Å². The lowest BCUT2D eigenvalue weighted by atomic mass is 9.41. The summed E-state index contributed by atoms with van der Waals surface area (Å²) in [7, 11) is 0. The summed E-state index contributed by atoms with van der Waals surface area (Å²) in [6.07, 6.45) is 0.778. The van der Waals surface area contributed by atoms with Gasteiger partial charge in [0, 0.05) is 25.7 Å². The number of carbonyl (C=O) groups is 2. The number of fused-ring (bicyclic) bond motifs is 6. The number of hydrogen-bond acceptors (Lipinski definition) is 12. The molecule has 0 unspecified atom stereocenters. The van der Waals surface area contributed by atoms with Crippen molar-refractivity contribution in [1.29, 1.82) is 0 Å². The molecule has 5 saturated carbocycles. The molecule has 3 N–H and O–H groups in total. The van der Waals surface area contributed by atoms with Crippen LogP contribution in [0.5, 0.6) is 0 Å². The van der Waals surface area contributed by atoms with Crippen LogP contribution in [0, 0.1) is 50.7 Å².